The Labute approximate surface area is 80.0 Å². The van der Waals surface area contributed by atoms with Crippen LogP contribution in [0.2, 0.25) is 0 Å². The predicted octanol–water partition coefficient (Wildman–Crippen LogP) is 2.54. The van der Waals surface area contributed by atoms with Gasteiger partial charge in [-0.15, -0.1) is 0 Å². The van der Waals surface area contributed by atoms with Gasteiger partial charge in [-0.1, -0.05) is 26.0 Å². The summed E-state index contributed by atoms with van der Waals surface area (Å²) in [5.74, 6) is 0.896. The van der Waals surface area contributed by atoms with Gasteiger partial charge in [-0.2, -0.15) is 0 Å². The Bertz CT molecular complexity index is 186. The molecule has 0 bridgehead atoms. The molecular formula is C11H18O2. The van der Waals surface area contributed by atoms with Crippen molar-refractivity contribution in [2.24, 2.45) is 11.8 Å². The number of allylic oxidation sites excluding steroid dienone is 2. The highest BCUT2D eigenvalue weighted by Crippen LogP contribution is 2.21. The minimum absolute atomic E-state index is 0.0394. The summed E-state index contributed by atoms with van der Waals surface area (Å²) >= 11 is 0. The third-order valence-electron chi connectivity index (χ3n) is 2.14. The molecule has 0 radical (unpaired) electrons. The van der Waals surface area contributed by atoms with E-state index in [1.807, 2.05) is 13.8 Å². The molecule has 13 heavy (non-hydrogen) atoms. The van der Waals surface area contributed by atoms with Crippen molar-refractivity contribution in [1.29, 1.82) is 0 Å². The van der Waals surface area contributed by atoms with Gasteiger partial charge in [0, 0.05) is 6.42 Å². The molecule has 0 saturated carbocycles. The number of esters is 1. The first-order chi connectivity index (χ1) is 6.18. The van der Waals surface area contributed by atoms with Crippen molar-refractivity contribution in [2.75, 3.05) is 6.61 Å². The van der Waals surface area contributed by atoms with Crippen molar-refractivity contribution in [3.05, 3.63) is 12.2 Å². The van der Waals surface area contributed by atoms with E-state index in [2.05, 4.69) is 12.2 Å². The van der Waals surface area contributed by atoms with Crippen LogP contribution in [0.1, 0.15) is 33.1 Å². The monoisotopic (exact) mass is 182 g/mol. The van der Waals surface area contributed by atoms with E-state index in [1.54, 1.807) is 0 Å². The van der Waals surface area contributed by atoms with Crippen LogP contribution in [0.5, 0.6) is 0 Å². The topological polar surface area (TPSA) is 26.3 Å². The van der Waals surface area contributed by atoms with E-state index in [1.165, 1.54) is 0 Å². The van der Waals surface area contributed by atoms with Crippen LogP contribution in [0.3, 0.4) is 0 Å². The molecule has 74 valence electrons. The minimum Gasteiger partial charge on any atom is -0.465 e. The lowest BCUT2D eigenvalue weighted by Crippen LogP contribution is -2.13. The van der Waals surface area contributed by atoms with Gasteiger partial charge in [0.05, 0.1) is 6.61 Å². The maximum Gasteiger partial charge on any atom is 0.306 e. The van der Waals surface area contributed by atoms with E-state index in [4.69, 9.17) is 4.74 Å². The van der Waals surface area contributed by atoms with Gasteiger partial charge in [-0.05, 0) is 24.7 Å². The average molecular weight is 182 g/mol. The van der Waals surface area contributed by atoms with Gasteiger partial charge in [-0.3, -0.25) is 4.79 Å². The Morgan fingerprint density at radius 2 is 2.08 bits per heavy atom. The number of hydrogen-bond acceptors (Lipinski definition) is 2. The van der Waals surface area contributed by atoms with Crippen LogP contribution in [0.15, 0.2) is 12.2 Å². The number of hydrogen-bond donors (Lipinski definition) is 0. The molecule has 0 spiro atoms. The third kappa shape index (κ3) is 4.11. The predicted molar refractivity (Wildman–Crippen MR) is 52.3 cm³/mol. The van der Waals surface area contributed by atoms with Crippen molar-refractivity contribution < 1.29 is 9.53 Å². The van der Waals surface area contributed by atoms with E-state index < -0.39 is 0 Å². The Kier molecular flexibility index (Phi) is 4.00. The minimum atomic E-state index is -0.0394. The van der Waals surface area contributed by atoms with Gasteiger partial charge in [0.1, 0.15) is 0 Å². The molecule has 0 aromatic heterocycles. The summed E-state index contributed by atoms with van der Waals surface area (Å²) in [5.41, 5.74) is 0. The summed E-state index contributed by atoms with van der Waals surface area (Å²) in [6.07, 6.45) is 6.94. The highest BCUT2D eigenvalue weighted by Gasteiger charge is 2.15. The lowest BCUT2D eigenvalue weighted by molar-refractivity contribution is -0.145. The van der Waals surface area contributed by atoms with Gasteiger partial charge in [0.15, 0.2) is 0 Å². The van der Waals surface area contributed by atoms with E-state index >= 15 is 0 Å². The second-order valence-corrected chi connectivity index (χ2v) is 4.09. The molecule has 0 aliphatic heterocycles. The van der Waals surface area contributed by atoms with Gasteiger partial charge in [-0.25, -0.2) is 0 Å². The fourth-order valence-corrected chi connectivity index (χ4v) is 1.39. The zero-order valence-electron chi connectivity index (χ0n) is 8.45. The zero-order chi connectivity index (χ0) is 9.68. The summed E-state index contributed by atoms with van der Waals surface area (Å²) in [7, 11) is 0. The molecule has 0 aromatic carbocycles. The second-order valence-electron chi connectivity index (χ2n) is 4.09. The first kappa shape index (κ1) is 10.3. The van der Waals surface area contributed by atoms with Crippen LogP contribution in [0.4, 0.5) is 0 Å². The largest absolute Gasteiger partial charge is 0.465 e. The number of carbonyl (C=O) groups is 1. The first-order valence-electron chi connectivity index (χ1n) is 4.99. The second kappa shape index (κ2) is 5.05. The fourth-order valence-electron chi connectivity index (χ4n) is 1.39. The molecule has 0 aromatic rings. The molecule has 1 aliphatic rings. The fraction of sp³-hybridized carbons (Fsp3) is 0.727. The summed E-state index contributed by atoms with van der Waals surface area (Å²) in [6.45, 7) is 4.65. The van der Waals surface area contributed by atoms with Crippen LogP contribution in [-0.2, 0) is 9.53 Å². The molecule has 1 aliphatic carbocycles. The maximum absolute atomic E-state index is 11.3. The normalized spacial score (nSPS) is 16.8. The van der Waals surface area contributed by atoms with Crippen LogP contribution in [-0.4, -0.2) is 12.6 Å². The highest BCUT2D eigenvalue weighted by molar-refractivity contribution is 5.69. The van der Waals surface area contributed by atoms with E-state index in [-0.39, 0.29) is 5.97 Å². The molecule has 2 nitrogen and oxygen atoms in total. The van der Waals surface area contributed by atoms with E-state index in [9.17, 15) is 4.79 Å². The summed E-state index contributed by atoms with van der Waals surface area (Å²) in [4.78, 5) is 11.3. The standard InChI is InChI=1S/C11H18O2/c1-9(2)8-13-11(12)7-10-5-3-4-6-10/h3-4,9-10H,5-8H2,1-2H3. The van der Waals surface area contributed by atoms with Gasteiger partial charge >= 0.3 is 5.97 Å². The van der Waals surface area contributed by atoms with Crippen molar-refractivity contribution in [3.8, 4) is 0 Å². The number of carbonyl (C=O) groups excluding carboxylic acids is 1. The quantitative estimate of drug-likeness (QED) is 0.493. The summed E-state index contributed by atoms with van der Waals surface area (Å²) < 4.78 is 5.10. The van der Waals surface area contributed by atoms with Gasteiger partial charge in [0.25, 0.3) is 0 Å². The lowest BCUT2D eigenvalue weighted by atomic mass is 10.0. The molecule has 0 amide bonds. The summed E-state index contributed by atoms with van der Waals surface area (Å²) in [5, 5.41) is 0. The lowest BCUT2D eigenvalue weighted by Gasteiger charge is -2.10. The SMILES string of the molecule is CC(C)COC(=O)CC1CC=CC1. The molecule has 0 heterocycles. The van der Waals surface area contributed by atoms with Crippen molar-refractivity contribution in [3.63, 3.8) is 0 Å². The smallest absolute Gasteiger partial charge is 0.306 e. The molecule has 0 unspecified atom stereocenters. The number of ether oxygens (including phenoxy) is 1. The molecule has 0 saturated heterocycles. The van der Waals surface area contributed by atoms with Gasteiger partial charge < -0.3 is 4.74 Å². The van der Waals surface area contributed by atoms with Crippen molar-refractivity contribution in [2.45, 2.75) is 33.1 Å². The molecular weight excluding hydrogens is 164 g/mol. The van der Waals surface area contributed by atoms with Crippen LogP contribution in [0.25, 0.3) is 0 Å². The van der Waals surface area contributed by atoms with Crippen molar-refractivity contribution >= 4 is 5.97 Å². The van der Waals surface area contributed by atoms with Gasteiger partial charge in [0.2, 0.25) is 0 Å². The Morgan fingerprint density at radius 3 is 2.62 bits per heavy atom. The molecule has 0 N–H and O–H groups in total. The third-order valence-corrected chi connectivity index (χ3v) is 2.14. The van der Waals surface area contributed by atoms with Crippen LogP contribution in [0, 0.1) is 11.8 Å². The number of rotatable bonds is 4. The Hall–Kier alpha value is -0.790. The molecule has 1 rings (SSSR count). The Morgan fingerprint density at radius 1 is 1.46 bits per heavy atom. The van der Waals surface area contributed by atoms with E-state index in [0.29, 0.717) is 24.9 Å². The summed E-state index contributed by atoms with van der Waals surface area (Å²) in [6, 6.07) is 0. The molecule has 0 fully saturated rings. The first-order valence-corrected chi connectivity index (χ1v) is 4.99. The average Bonchev–Trinajstić information content (AvgIpc) is 2.53. The van der Waals surface area contributed by atoms with Crippen molar-refractivity contribution in [1.82, 2.24) is 0 Å². The van der Waals surface area contributed by atoms with E-state index in [0.717, 1.165) is 12.8 Å². The highest BCUT2D eigenvalue weighted by atomic mass is 16.5. The van der Waals surface area contributed by atoms with Crippen LogP contribution < -0.4 is 0 Å². The zero-order valence-corrected chi connectivity index (χ0v) is 8.45. The van der Waals surface area contributed by atoms with Crippen LogP contribution >= 0.6 is 0 Å². The maximum atomic E-state index is 11.3. The molecule has 2 heteroatoms. The molecule has 0 atom stereocenters. The Balaban J connectivity index is 2.10.